The summed E-state index contributed by atoms with van der Waals surface area (Å²) < 4.78 is 5.42. The molecule has 5 nitrogen and oxygen atoms in total. The predicted molar refractivity (Wildman–Crippen MR) is 82.5 cm³/mol. The molecule has 0 bridgehead atoms. The zero-order valence-corrected chi connectivity index (χ0v) is 12.7. The van der Waals surface area contributed by atoms with Gasteiger partial charge in [0.05, 0.1) is 5.92 Å². The van der Waals surface area contributed by atoms with Crippen LogP contribution in [0.25, 0.3) is 0 Å². The van der Waals surface area contributed by atoms with Crippen molar-refractivity contribution in [2.75, 3.05) is 6.54 Å². The summed E-state index contributed by atoms with van der Waals surface area (Å²) in [5.74, 6) is 0.0365. The van der Waals surface area contributed by atoms with Crippen LogP contribution in [0.15, 0.2) is 24.3 Å². The molecule has 0 radical (unpaired) electrons. The molecule has 1 fully saturated rings. The van der Waals surface area contributed by atoms with Gasteiger partial charge in [-0.3, -0.25) is 9.59 Å². The maximum Gasteiger partial charge on any atom is 0.314 e. The van der Waals surface area contributed by atoms with E-state index in [9.17, 15) is 9.59 Å². The van der Waals surface area contributed by atoms with Crippen LogP contribution < -0.4 is 10.5 Å². The zero-order valence-electron chi connectivity index (χ0n) is 12.7. The number of esters is 1. The van der Waals surface area contributed by atoms with E-state index in [1.165, 1.54) is 0 Å². The minimum Gasteiger partial charge on any atom is -0.481 e. The van der Waals surface area contributed by atoms with Gasteiger partial charge in [0.1, 0.15) is 5.75 Å². The number of carboxylic acid groups (broad SMARTS) is 1. The molecule has 3 N–H and O–H groups in total. The average Bonchev–Trinajstić information content (AvgIpc) is 2.54. The molecule has 1 aromatic rings. The molecule has 0 heterocycles. The number of aryl methyl sites for hydroxylation is 1. The van der Waals surface area contributed by atoms with Crippen molar-refractivity contribution in [3.63, 3.8) is 0 Å². The van der Waals surface area contributed by atoms with Gasteiger partial charge >= 0.3 is 11.9 Å². The van der Waals surface area contributed by atoms with Crippen LogP contribution in [0.2, 0.25) is 0 Å². The van der Waals surface area contributed by atoms with E-state index in [1.54, 1.807) is 24.3 Å². The highest BCUT2D eigenvalue weighted by molar-refractivity contribution is 5.75. The van der Waals surface area contributed by atoms with Crippen molar-refractivity contribution in [2.45, 2.75) is 38.5 Å². The van der Waals surface area contributed by atoms with Crippen LogP contribution in [0, 0.1) is 11.8 Å². The van der Waals surface area contributed by atoms with Gasteiger partial charge in [0.2, 0.25) is 0 Å². The maximum atomic E-state index is 12.1. The van der Waals surface area contributed by atoms with E-state index < -0.39 is 5.97 Å². The molecule has 1 aliphatic carbocycles. The van der Waals surface area contributed by atoms with Crippen molar-refractivity contribution < 1.29 is 19.4 Å². The number of ether oxygens (including phenoxy) is 1. The molecule has 0 amide bonds. The third-order valence-corrected chi connectivity index (χ3v) is 4.28. The largest absolute Gasteiger partial charge is 0.481 e. The number of nitrogens with two attached hydrogens (primary N) is 1. The Hall–Kier alpha value is -1.88. The number of carbonyl (C=O) groups excluding carboxylic acids is 1. The zero-order chi connectivity index (χ0) is 15.9. The number of benzene rings is 1. The van der Waals surface area contributed by atoms with E-state index in [4.69, 9.17) is 15.6 Å². The third kappa shape index (κ3) is 4.84. The fourth-order valence-corrected chi connectivity index (χ4v) is 2.81. The van der Waals surface area contributed by atoms with Gasteiger partial charge < -0.3 is 15.6 Å². The molecule has 1 aromatic carbocycles. The SMILES string of the molecule is NC[C@H]1CC[C@H](C(=O)Oc2ccc(CCC(=O)O)cc2)CC1. The highest BCUT2D eigenvalue weighted by Gasteiger charge is 2.27. The topological polar surface area (TPSA) is 89.6 Å². The lowest BCUT2D eigenvalue weighted by Crippen LogP contribution is -2.28. The van der Waals surface area contributed by atoms with Crippen LogP contribution in [-0.2, 0) is 16.0 Å². The first-order chi connectivity index (χ1) is 10.6. The van der Waals surface area contributed by atoms with Crippen molar-refractivity contribution >= 4 is 11.9 Å². The Morgan fingerprint density at radius 2 is 1.77 bits per heavy atom. The first kappa shape index (κ1) is 16.5. The van der Waals surface area contributed by atoms with Crippen molar-refractivity contribution in [2.24, 2.45) is 17.6 Å². The van der Waals surface area contributed by atoms with Crippen molar-refractivity contribution in [1.82, 2.24) is 0 Å². The second kappa shape index (κ2) is 7.94. The monoisotopic (exact) mass is 305 g/mol. The Balaban J connectivity index is 1.83. The molecular weight excluding hydrogens is 282 g/mol. The standard InChI is InChI=1S/C17H23NO4/c18-11-13-1-6-14(7-2-13)17(21)22-15-8-3-12(4-9-15)5-10-16(19)20/h3-4,8-9,13-14H,1-2,5-7,10-11,18H2,(H,19,20)/t13-,14-. The summed E-state index contributed by atoms with van der Waals surface area (Å²) in [5, 5.41) is 8.65. The van der Waals surface area contributed by atoms with Gasteiger partial charge in [-0.15, -0.1) is 0 Å². The van der Waals surface area contributed by atoms with Gasteiger partial charge in [-0.1, -0.05) is 12.1 Å². The normalized spacial score (nSPS) is 21.3. The molecule has 0 spiro atoms. The lowest BCUT2D eigenvalue weighted by atomic mass is 9.82. The quantitative estimate of drug-likeness (QED) is 0.622. The van der Waals surface area contributed by atoms with E-state index in [2.05, 4.69) is 0 Å². The molecule has 22 heavy (non-hydrogen) atoms. The summed E-state index contributed by atoms with van der Waals surface area (Å²) in [6, 6.07) is 7.05. The predicted octanol–water partition coefficient (Wildman–Crippen LogP) is 2.37. The number of carboxylic acids is 1. The average molecular weight is 305 g/mol. The summed E-state index contributed by atoms with van der Waals surface area (Å²) in [5.41, 5.74) is 6.57. The first-order valence-corrected chi connectivity index (χ1v) is 7.81. The molecular formula is C17H23NO4. The van der Waals surface area contributed by atoms with Crippen LogP contribution in [0.5, 0.6) is 5.75 Å². The molecule has 2 rings (SSSR count). The molecule has 1 saturated carbocycles. The van der Waals surface area contributed by atoms with Crippen LogP contribution in [-0.4, -0.2) is 23.6 Å². The molecule has 0 atom stereocenters. The van der Waals surface area contributed by atoms with Gasteiger partial charge in [0.25, 0.3) is 0 Å². The van der Waals surface area contributed by atoms with Crippen LogP contribution in [0.4, 0.5) is 0 Å². The summed E-state index contributed by atoms with van der Waals surface area (Å²) in [6.07, 6.45) is 4.25. The summed E-state index contributed by atoms with van der Waals surface area (Å²) in [6.45, 7) is 0.694. The first-order valence-electron chi connectivity index (χ1n) is 7.81. The van der Waals surface area contributed by atoms with Gasteiger partial charge in [-0.05, 0) is 62.3 Å². The lowest BCUT2D eigenvalue weighted by Gasteiger charge is -2.26. The molecule has 0 aromatic heterocycles. The second-order valence-corrected chi connectivity index (χ2v) is 5.91. The molecule has 0 aliphatic heterocycles. The highest BCUT2D eigenvalue weighted by atomic mass is 16.5. The van der Waals surface area contributed by atoms with Gasteiger partial charge in [-0.25, -0.2) is 0 Å². The van der Waals surface area contributed by atoms with Crippen LogP contribution >= 0.6 is 0 Å². The summed E-state index contributed by atoms with van der Waals surface area (Å²) in [7, 11) is 0. The van der Waals surface area contributed by atoms with E-state index in [0.717, 1.165) is 31.2 Å². The Kier molecular flexibility index (Phi) is 5.95. The molecule has 120 valence electrons. The summed E-state index contributed by atoms with van der Waals surface area (Å²) in [4.78, 5) is 22.7. The van der Waals surface area contributed by atoms with Gasteiger partial charge in [-0.2, -0.15) is 0 Å². The fraction of sp³-hybridized carbons (Fsp3) is 0.529. The van der Waals surface area contributed by atoms with Crippen molar-refractivity contribution in [3.05, 3.63) is 29.8 Å². The number of rotatable bonds is 6. The molecule has 0 unspecified atom stereocenters. The number of aliphatic carboxylic acids is 1. The van der Waals surface area contributed by atoms with Crippen LogP contribution in [0.3, 0.4) is 0 Å². The molecule has 0 saturated heterocycles. The van der Waals surface area contributed by atoms with Crippen molar-refractivity contribution in [3.8, 4) is 5.75 Å². The molecule has 5 heteroatoms. The smallest absolute Gasteiger partial charge is 0.314 e. The highest BCUT2D eigenvalue weighted by Crippen LogP contribution is 2.29. The lowest BCUT2D eigenvalue weighted by molar-refractivity contribution is -0.140. The van der Waals surface area contributed by atoms with Crippen LogP contribution in [0.1, 0.15) is 37.7 Å². The third-order valence-electron chi connectivity index (χ3n) is 4.28. The second-order valence-electron chi connectivity index (χ2n) is 5.91. The van der Waals surface area contributed by atoms with E-state index in [0.29, 0.717) is 24.6 Å². The summed E-state index contributed by atoms with van der Waals surface area (Å²) >= 11 is 0. The Labute approximate surface area is 130 Å². The van der Waals surface area contributed by atoms with Crippen molar-refractivity contribution in [1.29, 1.82) is 0 Å². The van der Waals surface area contributed by atoms with Gasteiger partial charge in [0.15, 0.2) is 0 Å². The number of hydrogen-bond acceptors (Lipinski definition) is 4. The Morgan fingerprint density at radius 1 is 1.14 bits per heavy atom. The number of hydrogen-bond donors (Lipinski definition) is 2. The number of carbonyl (C=O) groups is 2. The van der Waals surface area contributed by atoms with E-state index in [-0.39, 0.29) is 18.3 Å². The minimum absolute atomic E-state index is 0.0329. The van der Waals surface area contributed by atoms with E-state index in [1.807, 2.05) is 0 Å². The van der Waals surface area contributed by atoms with Gasteiger partial charge in [0, 0.05) is 6.42 Å². The minimum atomic E-state index is -0.816. The maximum absolute atomic E-state index is 12.1. The molecule has 1 aliphatic rings. The fourth-order valence-electron chi connectivity index (χ4n) is 2.81. The van der Waals surface area contributed by atoms with E-state index >= 15 is 0 Å². The Bertz CT molecular complexity index is 504. The Morgan fingerprint density at radius 3 is 2.32 bits per heavy atom.